The highest BCUT2D eigenvalue weighted by Crippen LogP contribution is 2.28. The number of nitrogens with zero attached hydrogens (tertiary/aromatic N) is 5. The van der Waals surface area contributed by atoms with E-state index in [2.05, 4.69) is 20.4 Å². The third-order valence-corrected chi connectivity index (χ3v) is 3.90. The summed E-state index contributed by atoms with van der Waals surface area (Å²) in [5, 5.41) is 7.78. The normalized spacial score (nSPS) is 21.2. The van der Waals surface area contributed by atoms with Crippen LogP contribution >= 0.6 is 0 Å². The predicted octanol–water partition coefficient (Wildman–Crippen LogP) is 0.896. The molecule has 0 unspecified atom stereocenters. The van der Waals surface area contributed by atoms with Crippen molar-refractivity contribution in [2.45, 2.75) is 25.1 Å². The molecule has 2 atom stereocenters. The maximum Gasteiger partial charge on any atom is 0.224 e. The standard InChI is InChI=1S/C15H22N6O/c1-20(2)15-17-9-11(10-18-15)8-16-12-5-7-22-14(12)13-4-6-19-21(13)3/h4,6,9-10,12,14,16H,5,7-8H2,1-3H3/t12-,14-/m0/s1. The smallest absolute Gasteiger partial charge is 0.224 e. The molecule has 3 rings (SSSR count). The molecule has 0 radical (unpaired) electrons. The molecule has 3 heterocycles. The number of rotatable bonds is 5. The summed E-state index contributed by atoms with van der Waals surface area (Å²) in [5.74, 6) is 0.723. The van der Waals surface area contributed by atoms with Crippen molar-refractivity contribution in [3.63, 3.8) is 0 Å². The molecule has 2 aromatic heterocycles. The molecule has 0 saturated carbocycles. The summed E-state index contributed by atoms with van der Waals surface area (Å²) in [7, 11) is 5.81. The van der Waals surface area contributed by atoms with E-state index >= 15 is 0 Å². The number of aromatic nitrogens is 4. The lowest BCUT2D eigenvalue weighted by Crippen LogP contribution is -2.32. The maximum atomic E-state index is 5.87. The molecule has 0 aromatic carbocycles. The van der Waals surface area contributed by atoms with Crippen LogP contribution in [0.15, 0.2) is 24.7 Å². The molecule has 1 N–H and O–H groups in total. The van der Waals surface area contributed by atoms with Crippen LogP contribution in [0.5, 0.6) is 0 Å². The second-order valence-electron chi connectivity index (χ2n) is 5.73. The second-order valence-corrected chi connectivity index (χ2v) is 5.73. The van der Waals surface area contributed by atoms with Crippen LogP contribution in [-0.2, 0) is 18.3 Å². The van der Waals surface area contributed by atoms with Crippen molar-refractivity contribution in [2.24, 2.45) is 7.05 Å². The summed E-state index contributed by atoms with van der Waals surface area (Å²) in [5.41, 5.74) is 2.18. The Morgan fingerprint density at radius 3 is 2.77 bits per heavy atom. The van der Waals surface area contributed by atoms with Crippen molar-refractivity contribution in [2.75, 3.05) is 25.6 Å². The molecule has 0 bridgehead atoms. The van der Waals surface area contributed by atoms with Crippen molar-refractivity contribution in [3.8, 4) is 0 Å². The molecule has 118 valence electrons. The molecule has 1 aliphatic rings. The zero-order valence-electron chi connectivity index (χ0n) is 13.2. The Morgan fingerprint density at radius 1 is 1.36 bits per heavy atom. The number of hydrogen-bond donors (Lipinski definition) is 1. The van der Waals surface area contributed by atoms with E-state index in [1.165, 1.54) is 0 Å². The summed E-state index contributed by atoms with van der Waals surface area (Å²) < 4.78 is 7.74. The van der Waals surface area contributed by atoms with Gasteiger partial charge in [-0.05, 0) is 12.5 Å². The average molecular weight is 302 g/mol. The van der Waals surface area contributed by atoms with E-state index in [-0.39, 0.29) is 12.1 Å². The molecule has 0 aliphatic carbocycles. The minimum Gasteiger partial charge on any atom is -0.370 e. The quantitative estimate of drug-likeness (QED) is 0.885. The molecule has 1 fully saturated rings. The first-order valence-electron chi connectivity index (χ1n) is 7.46. The molecule has 1 saturated heterocycles. The number of anilines is 1. The van der Waals surface area contributed by atoms with E-state index in [9.17, 15) is 0 Å². The van der Waals surface area contributed by atoms with Crippen molar-refractivity contribution in [1.82, 2.24) is 25.1 Å². The Bertz CT molecular complexity index is 609. The van der Waals surface area contributed by atoms with Crippen molar-refractivity contribution >= 4 is 5.95 Å². The molecule has 0 spiro atoms. The van der Waals surface area contributed by atoms with Gasteiger partial charge in [-0.1, -0.05) is 0 Å². The van der Waals surface area contributed by atoms with E-state index in [1.54, 1.807) is 0 Å². The van der Waals surface area contributed by atoms with Gasteiger partial charge in [-0.2, -0.15) is 5.10 Å². The fourth-order valence-electron chi connectivity index (χ4n) is 2.67. The van der Waals surface area contributed by atoms with E-state index in [1.807, 2.05) is 55.4 Å². The Hall–Kier alpha value is -1.99. The van der Waals surface area contributed by atoms with Crippen LogP contribution in [0, 0.1) is 0 Å². The summed E-state index contributed by atoms with van der Waals surface area (Å²) >= 11 is 0. The van der Waals surface area contributed by atoms with Crippen LogP contribution in [0.3, 0.4) is 0 Å². The lowest BCUT2D eigenvalue weighted by molar-refractivity contribution is 0.0919. The van der Waals surface area contributed by atoms with Gasteiger partial charge in [0.2, 0.25) is 5.95 Å². The molecule has 1 aliphatic heterocycles. The highest BCUT2D eigenvalue weighted by molar-refractivity contribution is 5.26. The van der Waals surface area contributed by atoms with Crippen molar-refractivity contribution < 1.29 is 4.74 Å². The number of ether oxygens (including phenoxy) is 1. The first-order valence-corrected chi connectivity index (χ1v) is 7.46. The van der Waals surface area contributed by atoms with Gasteiger partial charge >= 0.3 is 0 Å². The van der Waals surface area contributed by atoms with Crippen LogP contribution in [0.4, 0.5) is 5.95 Å². The fraction of sp³-hybridized carbons (Fsp3) is 0.533. The third kappa shape index (κ3) is 3.10. The first-order chi connectivity index (χ1) is 10.6. The maximum absolute atomic E-state index is 5.87. The van der Waals surface area contributed by atoms with Gasteiger partial charge < -0.3 is 15.0 Å². The molecular formula is C15H22N6O. The zero-order chi connectivity index (χ0) is 15.5. The molecule has 0 amide bonds. The Labute approximate surface area is 130 Å². The van der Waals surface area contributed by atoms with Crippen molar-refractivity contribution in [3.05, 3.63) is 35.9 Å². The monoisotopic (exact) mass is 302 g/mol. The predicted molar refractivity (Wildman–Crippen MR) is 83.5 cm³/mol. The largest absolute Gasteiger partial charge is 0.370 e. The second kappa shape index (κ2) is 6.41. The highest BCUT2D eigenvalue weighted by atomic mass is 16.5. The van der Waals surface area contributed by atoms with Gasteiger partial charge in [-0.25, -0.2) is 9.97 Å². The van der Waals surface area contributed by atoms with Crippen LogP contribution in [0.2, 0.25) is 0 Å². The molecule has 22 heavy (non-hydrogen) atoms. The van der Waals surface area contributed by atoms with Gasteiger partial charge in [-0.15, -0.1) is 0 Å². The van der Waals surface area contributed by atoms with Crippen molar-refractivity contribution in [1.29, 1.82) is 0 Å². The van der Waals surface area contributed by atoms with Gasteiger partial charge in [0.05, 0.1) is 5.69 Å². The number of aryl methyl sites for hydroxylation is 1. The van der Waals surface area contributed by atoms with E-state index in [0.717, 1.165) is 36.8 Å². The van der Waals surface area contributed by atoms with Gasteiger partial charge in [0.25, 0.3) is 0 Å². The topological polar surface area (TPSA) is 68.1 Å². The van der Waals surface area contributed by atoms with E-state index in [4.69, 9.17) is 4.74 Å². The summed E-state index contributed by atoms with van der Waals surface area (Å²) in [6.07, 6.45) is 6.58. The summed E-state index contributed by atoms with van der Waals surface area (Å²) in [6.45, 7) is 1.50. The van der Waals surface area contributed by atoms with E-state index in [0.29, 0.717) is 0 Å². The Morgan fingerprint density at radius 2 is 2.14 bits per heavy atom. The number of hydrogen-bond acceptors (Lipinski definition) is 6. The van der Waals surface area contributed by atoms with Crippen LogP contribution in [0.25, 0.3) is 0 Å². The zero-order valence-corrected chi connectivity index (χ0v) is 13.2. The molecule has 2 aromatic rings. The molecule has 7 nitrogen and oxygen atoms in total. The highest BCUT2D eigenvalue weighted by Gasteiger charge is 2.31. The lowest BCUT2D eigenvalue weighted by Gasteiger charge is -2.20. The van der Waals surface area contributed by atoms with Gasteiger partial charge in [0, 0.05) is 64.5 Å². The van der Waals surface area contributed by atoms with Crippen LogP contribution < -0.4 is 10.2 Å². The minimum atomic E-state index is 0.0504. The van der Waals surface area contributed by atoms with Gasteiger partial charge in [-0.3, -0.25) is 4.68 Å². The minimum absolute atomic E-state index is 0.0504. The SMILES string of the molecule is CN(C)c1ncc(CN[C@H]2CCO[C@@H]2c2ccnn2C)cn1. The van der Waals surface area contributed by atoms with Crippen LogP contribution in [-0.4, -0.2) is 46.5 Å². The number of nitrogens with one attached hydrogen (secondary N) is 1. The first kappa shape index (κ1) is 14.9. The molecular weight excluding hydrogens is 280 g/mol. The summed E-state index contributed by atoms with van der Waals surface area (Å²) in [4.78, 5) is 10.6. The lowest BCUT2D eigenvalue weighted by atomic mass is 10.1. The fourth-order valence-corrected chi connectivity index (χ4v) is 2.67. The van der Waals surface area contributed by atoms with Crippen LogP contribution in [0.1, 0.15) is 23.8 Å². The average Bonchev–Trinajstić information content (AvgIpc) is 3.13. The summed E-state index contributed by atoms with van der Waals surface area (Å²) in [6, 6.07) is 2.29. The van der Waals surface area contributed by atoms with Gasteiger partial charge in [0.15, 0.2) is 0 Å². The van der Waals surface area contributed by atoms with E-state index < -0.39 is 0 Å². The third-order valence-electron chi connectivity index (χ3n) is 3.90. The Kier molecular flexibility index (Phi) is 4.35. The van der Waals surface area contributed by atoms with Gasteiger partial charge in [0.1, 0.15) is 6.10 Å². The Balaban J connectivity index is 1.62. The molecule has 7 heteroatoms.